The molecule has 0 spiro atoms. The molecule has 0 fully saturated rings. The van der Waals surface area contributed by atoms with E-state index in [1.165, 1.54) is 23.5 Å². The summed E-state index contributed by atoms with van der Waals surface area (Å²) in [7, 11) is 0. The fourth-order valence-corrected chi connectivity index (χ4v) is 4.85. The first-order valence-corrected chi connectivity index (χ1v) is 11.4. The molecule has 7 nitrogen and oxygen atoms in total. The van der Waals surface area contributed by atoms with Crippen molar-refractivity contribution in [2.24, 2.45) is 0 Å². The van der Waals surface area contributed by atoms with Crippen LogP contribution in [0.3, 0.4) is 0 Å². The van der Waals surface area contributed by atoms with Crippen molar-refractivity contribution in [3.63, 3.8) is 0 Å². The second-order valence-corrected chi connectivity index (χ2v) is 8.93. The van der Waals surface area contributed by atoms with Crippen molar-refractivity contribution < 1.29 is 9.72 Å². The number of anilines is 1. The van der Waals surface area contributed by atoms with Crippen molar-refractivity contribution in [2.45, 2.75) is 13.8 Å². The van der Waals surface area contributed by atoms with E-state index in [0.29, 0.717) is 28.1 Å². The maximum absolute atomic E-state index is 13.0. The molecule has 30 heavy (non-hydrogen) atoms. The molecule has 0 bridgehead atoms. The van der Waals surface area contributed by atoms with E-state index in [0.717, 1.165) is 34.6 Å². The zero-order chi connectivity index (χ0) is 21.7. The molecule has 0 saturated carbocycles. The summed E-state index contributed by atoms with van der Waals surface area (Å²) in [5.74, 6) is -0.219. The standard InChI is InChI=1S/C20H21ClN4O3S2/c1-3-23(4-2)11-12-24(20-22-16-8-5-14(21)13-17(16)30-20)18(26)9-6-15-7-10-19(29-15)25(27)28/h5-10,13H,3-4,11-12H2,1-2H3/b9-6+. The molecule has 0 N–H and O–H groups in total. The molecule has 0 aliphatic carbocycles. The first kappa shape index (κ1) is 22.4. The molecule has 2 heterocycles. The molecular weight excluding hydrogens is 444 g/mol. The second kappa shape index (κ2) is 10.1. The minimum Gasteiger partial charge on any atom is -0.302 e. The monoisotopic (exact) mass is 464 g/mol. The number of fused-ring (bicyclic) bond motifs is 1. The van der Waals surface area contributed by atoms with Crippen molar-refractivity contribution in [1.82, 2.24) is 9.88 Å². The Labute approximate surface area is 187 Å². The minimum absolute atomic E-state index is 0.0449. The summed E-state index contributed by atoms with van der Waals surface area (Å²) in [6, 6.07) is 8.52. The summed E-state index contributed by atoms with van der Waals surface area (Å²) in [5.41, 5.74) is 0.790. The summed E-state index contributed by atoms with van der Waals surface area (Å²) in [5, 5.41) is 12.1. The highest BCUT2D eigenvalue weighted by molar-refractivity contribution is 7.22. The van der Waals surface area contributed by atoms with Gasteiger partial charge in [-0.05, 0) is 43.4 Å². The van der Waals surface area contributed by atoms with E-state index in [2.05, 4.69) is 23.7 Å². The predicted octanol–water partition coefficient (Wildman–Crippen LogP) is 5.31. The Kier molecular flexibility index (Phi) is 7.54. The number of nitro groups is 1. The van der Waals surface area contributed by atoms with Gasteiger partial charge in [0, 0.05) is 35.1 Å². The highest BCUT2D eigenvalue weighted by Crippen LogP contribution is 2.31. The average Bonchev–Trinajstić information content (AvgIpc) is 3.36. The maximum Gasteiger partial charge on any atom is 0.324 e. The number of likely N-dealkylation sites (N-methyl/N-ethyl adjacent to an activating group) is 1. The Morgan fingerprint density at radius 3 is 2.63 bits per heavy atom. The Balaban J connectivity index is 1.85. The van der Waals surface area contributed by atoms with Crippen LogP contribution >= 0.6 is 34.3 Å². The molecule has 0 unspecified atom stereocenters. The van der Waals surface area contributed by atoms with Gasteiger partial charge in [-0.25, -0.2) is 4.98 Å². The molecule has 0 radical (unpaired) electrons. The van der Waals surface area contributed by atoms with E-state index in [9.17, 15) is 14.9 Å². The summed E-state index contributed by atoms with van der Waals surface area (Å²) < 4.78 is 0.913. The largest absolute Gasteiger partial charge is 0.324 e. The number of amides is 1. The smallest absolute Gasteiger partial charge is 0.302 e. The third-order valence-electron chi connectivity index (χ3n) is 4.55. The first-order chi connectivity index (χ1) is 14.4. The number of hydrogen-bond donors (Lipinski definition) is 0. The van der Waals surface area contributed by atoms with Crippen LogP contribution in [0.2, 0.25) is 5.02 Å². The molecule has 10 heteroatoms. The van der Waals surface area contributed by atoms with Gasteiger partial charge in [0.1, 0.15) is 0 Å². The SMILES string of the molecule is CCN(CC)CCN(C(=O)/C=C/c1ccc([N+](=O)[O-])s1)c1nc2ccc(Cl)cc2s1. The quantitative estimate of drug-likeness (QED) is 0.243. The normalized spacial score (nSPS) is 11.6. The van der Waals surface area contributed by atoms with Crippen LogP contribution in [-0.2, 0) is 4.79 Å². The third-order valence-corrected chi connectivity index (χ3v) is 6.83. The van der Waals surface area contributed by atoms with E-state index in [1.807, 2.05) is 12.1 Å². The number of carbonyl (C=O) groups is 1. The average molecular weight is 465 g/mol. The fourth-order valence-electron chi connectivity index (χ4n) is 2.86. The van der Waals surface area contributed by atoms with Crippen LogP contribution < -0.4 is 4.90 Å². The van der Waals surface area contributed by atoms with Crippen LogP contribution in [-0.4, -0.2) is 46.9 Å². The van der Waals surface area contributed by atoms with Gasteiger partial charge in [0.15, 0.2) is 5.13 Å². The lowest BCUT2D eigenvalue weighted by atomic mass is 10.3. The van der Waals surface area contributed by atoms with Crippen molar-refractivity contribution in [1.29, 1.82) is 0 Å². The minimum atomic E-state index is -0.438. The van der Waals surface area contributed by atoms with Gasteiger partial charge in [-0.1, -0.05) is 48.1 Å². The van der Waals surface area contributed by atoms with Gasteiger partial charge in [0.05, 0.1) is 15.1 Å². The molecule has 2 aromatic heterocycles. The van der Waals surface area contributed by atoms with E-state index in [4.69, 9.17) is 11.6 Å². The summed E-state index contributed by atoms with van der Waals surface area (Å²) >= 11 is 8.53. The van der Waals surface area contributed by atoms with Crippen LogP contribution in [0.4, 0.5) is 10.1 Å². The third kappa shape index (κ3) is 5.42. The number of nitrogens with zero attached hydrogens (tertiary/aromatic N) is 4. The molecule has 3 rings (SSSR count). The van der Waals surface area contributed by atoms with E-state index in [-0.39, 0.29) is 10.9 Å². The number of carbonyl (C=O) groups excluding carboxylic acids is 1. The summed E-state index contributed by atoms with van der Waals surface area (Å²) in [4.78, 5) is 32.6. The second-order valence-electron chi connectivity index (χ2n) is 6.39. The lowest BCUT2D eigenvalue weighted by molar-refractivity contribution is -0.380. The van der Waals surface area contributed by atoms with Gasteiger partial charge in [-0.15, -0.1) is 0 Å². The van der Waals surface area contributed by atoms with Gasteiger partial charge in [0.2, 0.25) is 0 Å². The Morgan fingerprint density at radius 1 is 1.20 bits per heavy atom. The fraction of sp³-hybridized carbons (Fsp3) is 0.300. The van der Waals surface area contributed by atoms with E-state index >= 15 is 0 Å². The first-order valence-electron chi connectivity index (χ1n) is 9.43. The van der Waals surface area contributed by atoms with Crippen LogP contribution in [0, 0.1) is 10.1 Å². The predicted molar refractivity (Wildman–Crippen MR) is 125 cm³/mol. The number of halogens is 1. The van der Waals surface area contributed by atoms with Crippen LogP contribution in [0.15, 0.2) is 36.4 Å². The Hall–Kier alpha value is -2.33. The lowest BCUT2D eigenvalue weighted by Crippen LogP contribution is -2.38. The van der Waals surface area contributed by atoms with Gasteiger partial charge in [-0.3, -0.25) is 19.8 Å². The number of benzene rings is 1. The van der Waals surface area contributed by atoms with Gasteiger partial charge in [-0.2, -0.15) is 0 Å². The zero-order valence-electron chi connectivity index (χ0n) is 16.6. The zero-order valence-corrected chi connectivity index (χ0v) is 19.0. The van der Waals surface area contributed by atoms with Gasteiger partial charge >= 0.3 is 5.00 Å². The molecule has 1 amide bonds. The topological polar surface area (TPSA) is 79.6 Å². The molecule has 3 aromatic rings. The molecule has 1 aromatic carbocycles. The van der Waals surface area contributed by atoms with Crippen molar-refractivity contribution >= 4 is 66.6 Å². The molecule has 0 aliphatic heterocycles. The highest BCUT2D eigenvalue weighted by Gasteiger charge is 2.19. The number of thiophene rings is 1. The highest BCUT2D eigenvalue weighted by atomic mass is 35.5. The van der Waals surface area contributed by atoms with E-state index in [1.54, 1.807) is 23.1 Å². The lowest BCUT2D eigenvalue weighted by Gasteiger charge is -2.23. The van der Waals surface area contributed by atoms with Crippen molar-refractivity contribution in [3.05, 3.63) is 56.4 Å². The number of hydrogen-bond acceptors (Lipinski definition) is 7. The van der Waals surface area contributed by atoms with E-state index < -0.39 is 4.92 Å². The van der Waals surface area contributed by atoms with Gasteiger partial charge in [0.25, 0.3) is 5.91 Å². The number of thiazole rings is 1. The molecule has 158 valence electrons. The Bertz CT molecular complexity index is 1080. The van der Waals surface area contributed by atoms with Crippen LogP contribution in [0.1, 0.15) is 18.7 Å². The molecule has 0 atom stereocenters. The number of rotatable bonds is 9. The van der Waals surface area contributed by atoms with Crippen molar-refractivity contribution in [3.8, 4) is 0 Å². The Morgan fingerprint density at radius 2 is 1.97 bits per heavy atom. The molecule has 0 saturated heterocycles. The summed E-state index contributed by atoms with van der Waals surface area (Å²) in [6.45, 7) is 7.15. The van der Waals surface area contributed by atoms with Crippen molar-refractivity contribution in [2.75, 3.05) is 31.1 Å². The van der Waals surface area contributed by atoms with Gasteiger partial charge < -0.3 is 4.90 Å². The van der Waals surface area contributed by atoms with Crippen LogP contribution in [0.25, 0.3) is 16.3 Å². The number of aromatic nitrogens is 1. The van der Waals surface area contributed by atoms with Crippen LogP contribution in [0.5, 0.6) is 0 Å². The molecule has 0 aliphatic rings. The molecular formula is C20H21ClN4O3S2. The maximum atomic E-state index is 13.0. The summed E-state index contributed by atoms with van der Waals surface area (Å²) in [6.07, 6.45) is 3.05.